The summed E-state index contributed by atoms with van der Waals surface area (Å²) in [7, 11) is 0. The van der Waals surface area contributed by atoms with Crippen LogP contribution in [0.2, 0.25) is 0 Å². The number of nitrogen functional groups attached to an aromatic ring is 1. The van der Waals surface area contributed by atoms with E-state index in [4.69, 9.17) is 10.3 Å². The van der Waals surface area contributed by atoms with Gasteiger partial charge in [0, 0.05) is 15.5 Å². The Hall–Kier alpha value is -1.73. The summed E-state index contributed by atoms with van der Waals surface area (Å²) in [6, 6.07) is 3.71. The van der Waals surface area contributed by atoms with Crippen LogP contribution >= 0.6 is 27.3 Å². The summed E-state index contributed by atoms with van der Waals surface area (Å²) in [5.41, 5.74) is 8.55. The van der Waals surface area contributed by atoms with E-state index in [1.54, 1.807) is 6.20 Å². The highest BCUT2D eigenvalue weighted by molar-refractivity contribution is 9.10. The van der Waals surface area contributed by atoms with Gasteiger partial charge in [0.25, 0.3) is 5.89 Å². The second-order valence-corrected chi connectivity index (χ2v) is 6.39. The van der Waals surface area contributed by atoms with Gasteiger partial charge in [-0.15, -0.1) is 11.3 Å². The highest BCUT2D eigenvalue weighted by atomic mass is 79.9. The van der Waals surface area contributed by atoms with Crippen LogP contribution < -0.4 is 5.73 Å². The van der Waals surface area contributed by atoms with Gasteiger partial charge in [0.15, 0.2) is 0 Å². The maximum atomic E-state index is 6.02. The SMILES string of the molecule is Cc1sc(N)c(-c2nc(-c3ncccc3Br)no2)c1C. The van der Waals surface area contributed by atoms with Crippen LogP contribution in [0.25, 0.3) is 23.0 Å². The monoisotopic (exact) mass is 350 g/mol. The molecule has 3 aromatic heterocycles. The molecule has 0 saturated carbocycles. The van der Waals surface area contributed by atoms with Gasteiger partial charge in [-0.3, -0.25) is 4.98 Å². The van der Waals surface area contributed by atoms with Gasteiger partial charge >= 0.3 is 0 Å². The Kier molecular flexibility index (Phi) is 3.31. The minimum Gasteiger partial charge on any atom is -0.390 e. The highest BCUT2D eigenvalue weighted by Crippen LogP contribution is 2.38. The maximum absolute atomic E-state index is 6.02. The molecule has 0 spiro atoms. The molecule has 0 unspecified atom stereocenters. The van der Waals surface area contributed by atoms with E-state index < -0.39 is 0 Å². The molecule has 0 radical (unpaired) electrons. The van der Waals surface area contributed by atoms with Crippen molar-refractivity contribution in [1.29, 1.82) is 0 Å². The van der Waals surface area contributed by atoms with Crippen molar-refractivity contribution < 1.29 is 4.52 Å². The third-order valence-corrected chi connectivity index (χ3v) is 4.70. The predicted octanol–water partition coefficient (Wildman–Crippen LogP) is 3.82. The summed E-state index contributed by atoms with van der Waals surface area (Å²) in [6.07, 6.45) is 1.68. The summed E-state index contributed by atoms with van der Waals surface area (Å²) in [5.74, 6) is 0.868. The van der Waals surface area contributed by atoms with Crippen LogP contribution in [0.15, 0.2) is 27.3 Å². The van der Waals surface area contributed by atoms with Crippen LogP contribution in [-0.4, -0.2) is 15.1 Å². The molecule has 20 heavy (non-hydrogen) atoms. The smallest absolute Gasteiger partial charge is 0.261 e. The van der Waals surface area contributed by atoms with Crippen molar-refractivity contribution in [1.82, 2.24) is 15.1 Å². The summed E-state index contributed by atoms with van der Waals surface area (Å²) in [6.45, 7) is 4.02. The van der Waals surface area contributed by atoms with Gasteiger partial charge in [0.1, 0.15) is 5.69 Å². The molecular weight excluding hydrogens is 340 g/mol. The second-order valence-electron chi connectivity index (χ2n) is 4.28. The van der Waals surface area contributed by atoms with Crippen molar-refractivity contribution in [2.45, 2.75) is 13.8 Å². The molecule has 3 rings (SSSR count). The van der Waals surface area contributed by atoms with Crippen molar-refractivity contribution in [3.8, 4) is 23.0 Å². The lowest BCUT2D eigenvalue weighted by atomic mass is 10.1. The number of aryl methyl sites for hydroxylation is 1. The van der Waals surface area contributed by atoms with Gasteiger partial charge in [-0.25, -0.2) is 0 Å². The molecule has 0 amide bonds. The molecule has 0 aliphatic heterocycles. The van der Waals surface area contributed by atoms with Crippen LogP contribution in [-0.2, 0) is 0 Å². The number of aromatic nitrogens is 3. The fourth-order valence-corrected chi connectivity index (χ4v) is 3.25. The summed E-state index contributed by atoms with van der Waals surface area (Å²) >= 11 is 4.95. The molecule has 102 valence electrons. The van der Waals surface area contributed by atoms with Gasteiger partial charge in [-0.2, -0.15) is 4.98 Å². The van der Waals surface area contributed by atoms with E-state index in [1.807, 2.05) is 26.0 Å². The van der Waals surface area contributed by atoms with E-state index in [2.05, 4.69) is 31.1 Å². The Bertz CT molecular complexity index is 781. The van der Waals surface area contributed by atoms with E-state index in [9.17, 15) is 0 Å². The Morgan fingerprint density at radius 3 is 2.80 bits per heavy atom. The van der Waals surface area contributed by atoms with Crippen molar-refractivity contribution in [2.75, 3.05) is 5.73 Å². The van der Waals surface area contributed by atoms with Crippen LogP contribution in [0.3, 0.4) is 0 Å². The van der Waals surface area contributed by atoms with E-state index >= 15 is 0 Å². The van der Waals surface area contributed by atoms with Crippen LogP contribution in [0.4, 0.5) is 5.00 Å². The van der Waals surface area contributed by atoms with E-state index in [0.717, 1.165) is 20.5 Å². The van der Waals surface area contributed by atoms with Crippen molar-refractivity contribution >= 4 is 32.3 Å². The molecule has 0 aromatic carbocycles. The minimum absolute atomic E-state index is 0.428. The number of hydrogen-bond acceptors (Lipinski definition) is 6. The lowest BCUT2D eigenvalue weighted by Gasteiger charge is -1.96. The number of anilines is 1. The first-order chi connectivity index (χ1) is 9.58. The number of hydrogen-bond donors (Lipinski definition) is 1. The van der Waals surface area contributed by atoms with Gasteiger partial charge < -0.3 is 10.3 Å². The first-order valence-electron chi connectivity index (χ1n) is 5.88. The van der Waals surface area contributed by atoms with Crippen molar-refractivity contribution in [3.63, 3.8) is 0 Å². The number of halogens is 1. The first kappa shape index (κ1) is 13.3. The van der Waals surface area contributed by atoms with E-state index in [0.29, 0.717) is 22.4 Å². The molecule has 0 fully saturated rings. The molecule has 5 nitrogen and oxygen atoms in total. The third-order valence-electron chi connectivity index (χ3n) is 3.02. The number of rotatable bonds is 2. The Balaban J connectivity index is 2.09. The van der Waals surface area contributed by atoms with Crippen LogP contribution in [0, 0.1) is 13.8 Å². The standard InChI is InChI=1S/C13H11BrN4OS/c1-6-7(2)20-11(15)9(6)13-17-12(18-19-13)10-8(14)4-3-5-16-10/h3-5H,15H2,1-2H3. The molecule has 2 N–H and O–H groups in total. The lowest BCUT2D eigenvalue weighted by Crippen LogP contribution is -1.88. The molecule has 3 heterocycles. The zero-order chi connectivity index (χ0) is 14.3. The molecule has 0 aliphatic rings. The van der Waals surface area contributed by atoms with E-state index in [1.165, 1.54) is 11.3 Å². The van der Waals surface area contributed by atoms with Gasteiger partial charge in [0.2, 0.25) is 5.82 Å². The second kappa shape index (κ2) is 4.99. The van der Waals surface area contributed by atoms with Crippen molar-refractivity contribution in [3.05, 3.63) is 33.2 Å². The minimum atomic E-state index is 0.428. The fourth-order valence-electron chi connectivity index (χ4n) is 1.89. The predicted molar refractivity (Wildman–Crippen MR) is 82.4 cm³/mol. The fraction of sp³-hybridized carbons (Fsp3) is 0.154. The largest absolute Gasteiger partial charge is 0.390 e. The highest BCUT2D eigenvalue weighted by Gasteiger charge is 2.20. The Morgan fingerprint density at radius 1 is 1.35 bits per heavy atom. The quantitative estimate of drug-likeness (QED) is 0.759. The number of thiophene rings is 1. The zero-order valence-electron chi connectivity index (χ0n) is 10.8. The van der Waals surface area contributed by atoms with Gasteiger partial charge in [0.05, 0.1) is 10.6 Å². The average Bonchev–Trinajstić information content (AvgIpc) is 2.96. The number of nitrogens with zero attached hydrogens (tertiary/aromatic N) is 3. The lowest BCUT2D eigenvalue weighted by molar-refractivity contribution is 0.432. The molecule has 7 heteroatoms. The number of nitrogens with two attached hydrogens (primary N) is 1. The van der Waals surface area contributed by atoms with Crippen LogP contribution in [0.1, 0.15) is 10.4 Å². The Labute approximate surface area is 128 Å². The summed E-state index contributed by atoms with van der Waals surface area (Å²) in [5, 5.41) is 4.68. The maximum Gasteiger partial charge on any atom is 0.261 e. The summed E-state index contributed by atoms with van der Waals surface area (Å²) < 4.78 is 6.16. The average molecular weight is 351 g/mol. The van der Waals surface area contributed by atoms with Gasteiger partial charge in [-0.05, 0) is 47.5 Å². The molecule has 0 atom stereocenters. The van der Waals surface area contributed by atoms with Crippen molar-refractivity contribution in [2.24, 2.45) is 0 Å². The topological polar surface area (TPSA) is 77.8 Å². The molecule has 0 bridgehead atoms. The first-order valence-corrected chi connectivity index (χ1v) is 7.49. The van der Waals surface area contributed by atoms with E-state index in [-0.39, 0.29) is 0 Å². The van der Waals surface area contributed by atoms with Gasteiger partial charge in [-0.1, -0.05) is 5.16 Å². The van der Waals surface area contributed by atoms with Crippen LogP contribution in [0.5, 0.6) is 0 Å². The molecule has 3 aromatic rings. The molecule has 0 saturated heterocycles. The molecule has 0 aliphatic carbocycles. The zero-order valence-corrected chi connectivity index (χ0v) is 13.2. The Morgan fingerprint density at radius 2 is 2.15 bits per heavy atom. The summed E-state index contributed by atoms with van der Waals surface area (Å²) in [4.78, 5) is 9.80. The number of pyridine rings is 1. The molecular formula is C13H11BrN4OS. The normalized spacial score (nSPS) is 10.9. The third kappa shape index (κ3) is 2.12.